The van der Waals surface area contributed by atoms with E-state index in [1.165, 1.54) is 11.1 Å². The lowest BCUT2D eigenvalue weighted by atomic mass is 9.88. The number of ether oxygens (including phenoxy) is 1. The first-order valence-corrected chi connectivity index (χ1v) is 14.9. The van der Waals surface area contributed by atoms with E-state index in [1.807, 2.05) is 97.1 Å². The predicted octanol–water partition coefficient (Wildman–Crippen LogP) is 7.68. The number of benzene rings is 5. The van der Waals surface area contributed by atoms with Gasteiger partial charge in [0.15, 0.2) is 0 Å². The van der Waals surface area contributed by atoms with E-state index in [4.69, 9.17) is 4.74 Å². The van der Waals surface area contributed by atoms with E-state index in [2.05, 4.69) is 24.3 Å². The molecule has 0 amide bonds. The normalized spacial score (nSPS) is 11.6. The molecule has 0 unspecified atom stereocenters. The van der Waals surface area contributed by atoms with Gasteiger partial charge in [0.1, 0.15) is 12.4 Å². The van der Waals surface area contributed by atoms with E-state index >= 15 is 0 Å². The summed E-state index contributed by atoms with van der Waals surface area (Å²) in [6.07, 6.45) is 0.643. The minimum Gasteiger partial charge on any atom is -0.489 e. The van der Waals surface area contributed by atoms with Gasteiger partial charge in [0, 0.05) is 19.0 Å². The topological polar surface area (TPSA) is 46.6 Å². The molecule has 0 atom stereocenters. The van der Waals surface area contributed by atoms with Crippen molar-refractivity contribution in [2.75, 3.05) is 6.54 Å². The fourth-order valence-electron chi connectivity index (χ4n) is 4.87. The molecule has 0 bridgehead atoms. The molecule has 0 fully saturated rings. The van der Waals surface area contributed by atoms with Crippen molar-refractivity contribution >= 4 is 10.0 Å². The molecule has 0 aromatic heterocycles. The van der Waals surface area contributed by atoms with Crippen LogP contribution in [0.4, 0.5) is 0 Å². The van der Waals surface area contributed by atoms with Crippen LogP contribution >= 0.6 is 0 Å². The van der Waals surface area contributed by atoms with E-state index in [-0.39, 0.29) is 12.5 Å². The van der Waals surface area contributed by atoms with E-state index in [1.54, 1.807) is 28.6 Å². The first kappa shape index (κ1) is 27.4. The molecule has 0 saturated heterocycles. The maximum absolute atomic E-state index is 13.9. The summed E-state index contributed by atoms with van der Waals surface area (Å²) in [7, 11) is -3.73. The van der Waals surface area contributed by atoms with Gasteiger partial charge < -0.3 is 4.74 Å². The lowest BCUT2D eigenvalue weighted by Gasteiger charge is -2.26. The summed E-state index contributed by atoms with van der Waals surface area (Å²) in [5, 5.41) is 0. The fraction of sp³-hybridized carbons (Fsp3) is 0.143. The second-order valence-corrected chi connectivity index (χ2v) is 11.7. The summed E-state index contributed by atoms with van der Waals surface area (Å²) in [4.78, 5) is 0.294. The molecule has 5 aromatic carbocycles. The third-order valence-electron chi connectivity index (χ3n) is 6.96. The minimum absolute atomic E-state index is 0.0661. The van der Waals surface area contributed by atoms with Crippen LogP contribution in [0.2, 0.25) is 0 Å². The van der Waals surface area contributed by atoms with Gasteiger partial charge in [0.25, 0.3) is 0 Å². The monoisotopic (exact) mass is 547 g/mol. The van der Waals surface area contributed by atoms with E-state index in [9.17, 15) is 8.42 Å². The van der Waals surface area contributed by atoms with Gasteiger partial charge in [0.05, 0.1) is 4.90 Å². The van der Waals surface area contributed by atoms with Crippen molar-refractivity contribution in [3.8, 4) is 5.75 Å². The second-order valence-electron chi connectivity index (χ2n) is 9.74. The Morgan fingerprint density at radius 3 is 1.73 bits per heavy atom. The summed E-state index contributed by atoms with van der Waals surface area (Å²) < 4.78 is 35.5. The Morgan fingerprint density at radius 1 is 0.600 bits per heavy atom. The lowest BCUT2D eigenvalue weighted by Crippen LogP contribution is -2.32. The maximum atomic E-state index is 13.9. The Bertz CT molecular complexity index is 1540. The molecule has 4 nitrogen and oxygen atoms in total. The van der Waals surface area contributed by atoms with E-state index in [0.717, 1.165) is 11.1 Å². The SMILES string of the molecule is O=S(=O)(c1ccccc1)N(CCC(c1ccccc1)c1ccccc1)Cc1cccc(OCc2ccccc2)c1. The van der Waals surface area contributed by atoms with Crippen molar-refractivity contribution in [2.24, 2.45) is 0 Å². The van der Waals surface area contributed by atoms with Gasteiger partial charge in [-0.15, -0.1) is 0 Å². The van der Waals surface area contributed by atoms with Gasteiger partial charge in [-0.1, -0.05) is 121 Å². The fourth-order valence-corrected chi connectivity index (χ4v) is 6.34. The van der Waals surface area contributed by atoms with Gasteiger partial charge >= 0.3 is 0 Å². The molecular weight excluding hydrogens is 514 g/mol. The summed E-state index contributed by atoms with van der Waals surface area (Å²) in [6, 6.07) is 47.0. The van der Waals surface area contributed by atoms with Crippen LogP contribution in [0.15, 0.2) is 150 Å². The van der Waals surface area contributed by atoms with E-state index < -0.39 is 10.0 Å². The lowest BCUT2D eigenvalue weighted by molar-refractivity contribution is 0.305. The smallest absolute Gasteiger partial charge is 0.243 e. The Hall–Kier alpha value is -4.19. The Kier molecular flexibility index (Phi) is 9.07. The van der Waals surface area contributed by atoms with Crippen molar-refractivity contribution in [3.05, 3.63) is 168 Å². The molecule has 0 spiro atoms. The minimum atomic E-state index is -3.73. The summed E-state index contributed by atoms with van der Waals surface area (Å²) >= 11 is 0. The Balaban J connectivity index is 1.40. The van der Waals surface area contributed by atoms with Crippen LogP contribution in [0.3, 0.4) is 0 Å². The highest BCUT2D eigenvalue weighted by Crippen LogP contribution is 2.30. The predicted molar refractivity (Wildman–Crippen MR) is 161 cm³/mol. The maximum Gasteiger partial charge on any atom is 0.243 e. The van der Waals surface area contributed by atoms with Crippen LogP contribution in [0.1, 0.15) is 34.6 Å². The van der Waals surface area contributed by atoms with Crippen LogP contribution in [0.25, 0.3) is 0 Å². The Morgan fingerprint density at radius 2 is 1.12 bits per heavy atom. The third-order valence-corrected chi connectivity index (χ3v) is 8.82. The molecule has 202 valence electrons. The van der Waals surface area contributed by atoms with Crippen LogP contribution in [-0.4, -0.2) is 19.3 Å². The number of nitrogens with zero attached hydrogens (tertiary/aromatic N) is 1. The number of hydrogen-bond acceptors (Lipinski definition) is 3. The average molecular weight is 548 g/mol. The van der Waals surface area contributed by atoms with Crippen LogP contribution in [0, 0.1) is 0 Å². The molecule has 5 rings (SSSR count). The van der Waals surface area contributed by atoms with E-state index in [0.29, 0.717) is 30.2 Å². The van der Waals surface area contributed by atoms with Crippen molar-refractivity contribution in [1.29, 1.82) is 0 Å². The van der Waals surface area contributed by atoms with Gasteiger partial charge in [0.2, 0.25) is 10.0 Å². The second kappa shape index (κ2) is 13.2. The molecule has 0 radical (unpaired) electrons. The first-order valence-electron chi connectivity index (χ1n) is 13.5. The quantitative estimate of drug-likeness (QED) is 0.161. The summed E-state index contributed by atoms with van der Waals surface area (Å²) in [5.74, 6) is 0.779. The highest BCUT2D eigenvalue weighted by atomic mass is 32.2. The molecule has 0 saturated carbocycles. The number of rotatable bonds is 12. The zero-order valence-electron chi connectivity index (χ0n) is 22.3. The number of hydrogen-bond donors (Lipinski definition) is 0. The standard InChI is InChI=1S/C35H33NO3S/c37-40(38,34-22-11-4-12-23-34)36(25-24-35(31-17-7-2-8-18-31)32-19-9-3-10-20-32)27-30-16-13-21-33(26-30)39-28-29-14-5-1-6-15-29/h1-23,26,35H,24-25,27-28H2. The molecule has 5 heteroatoms. The molecule has 0 aliphatic heterocycles. The van der Waals surface area contributed by atoms with Crippen molar-refractivity contribution in [3.63, 3.8) is 0 Å². The van der Waals surface area contributed by atoms with Gasteiger partial charge in [-0.25, -0.2) is 8.42 Å². The summed E-state index contributed by atoms with van der Waals surface area (Å²) in [6.45, 7) is 1.06. The molecule has 0 aliphatic carbocycles. The highest BCUT2D eigenvalue weighted by molar-refractivity contribution is 7.89. The zero-order chi connectivity index (χ0) is 27.6. The molecule has 5 aromatic rings. The van der Waals surface area contributed by atoms with Crippen molar-refractivity contribution < 1.29 is 13.2 Å². The van der Waals surface area contributed by atoms with Gasteiger partial charge in [-0.2, -0.15) is 4.31 Å². The number of sulfonamides is 1. The Labute approximate surface area is 237 Å². The summed E-state index contributed by atoms with van der Waals surface area (Å²) in [5.41, 5.74) is 4.29. The zero-order valence-corrected chi connectivity index (χ0v) is 23.2. The van der Waals surface area contributed by atoms with Crippen LogP contribution < -0.4 is 4.74 Å². The molecule has 0 aliphatic rings. The average Bonchev–Trinajstić information content (AvgIpc) is 3.02. The van der Waals surface area contributed by atoms with Crippen molar-refractivity contribution in [2.45, 2.75) is 30.4 Å². The van der Waals surface area contributed by atoms with Crippen LogP contribution in [-0.2, 0) is 23.2 Å². The largest absolute Gasteiger partial charge is 0.489 e. The molecule has 40 heavy (non-hydrogen) atoms. The van der Waals surface area contributed by atoms with Gasteiger partial charge in [-0.05, 0) is 52.9 Å². The first-order chi connectivity index (χ1) is 19.6. The molecule has 0 heterocycles. The molecule has 0 N–H and O–H groups in total. The van der Waals surface area contributed by atoms with Gasteiger partial charge in [-0.3, -0.25) is 0 Å². The molecular formula is C35H33NO3S. The van der Waals surface area contributed by atoms with Crippen molar-refractivity contribution in [1.82, 2.24) is 4.31 Å². The highest BCUT2D eigenvalue weighted by Gasteiger charge is 2.26. The third kappa shape index (κ3) is 7.06. The van der Waals surface area contributed by atoms with Crippen LogP contribution in [0.5, 0.6) is 5.75 Å².